The summed E-state index contributed by atoms with van der Waals surface area (Å²) in [5.74, 6) is -0.303. The van der Waals surface area contributed by atoms with Crippen molar-refractivity contribution in [3.05, 3.63) is 11.4 Å². The van der Waals surface area contributed by atoms with Gasteiger partial charge in [-0.2, -0.15) is 13.2 Å². The lowest BCUT2D eigenvalue weighted by Gasteiger charge is -2.29. The van der Waals surface area contributed by atoms with Crippen molar-refractivity contribution in [2.45, 2.75) is 78.4 Å². The van der Waals surface area contributed by atoms with Gasteiger partial charge in [0.15, 0.2) is 0 Å². The lowest BCUT2D eigenvalue weighted by molar-refractivity contribution is -0.213. The van der Waals surface area contributed by atoms with E-state index in [0.29, 0.717) is 5.95 Å². The lowest BCUT2D eigenvalue weighted by Crippen LogP contribution is -2.36. The molecule has 2 rings (SSSR count). The standard InChI is InChI=1S/C17H26F3N3O/c1-15(2,3)23-12-9-7-6-8-11(12)21-14(23)22-13(24)10-16(4,5)17(18,19)20/h6-10H2,1-5H3,(H,21,22,24). The second kappa shape index (κ2) is 6.08. The van der Waals surface area contributed by atoms with Crippen molar-refractivity contribution in [1.29, 1.82) is 0 Å². The van der Waals surface area contributed by atoms with Crippen LogP contribution < -0.4 is 5.32 Å². The normalized spacial score (nSPS) is 16.0. The van der Waals surface area contributed by atoms with E-state index in [1.165, 1.54) is 0 Å². The van der Waals surface area contributed by atoms with Crippen LogP contribution in [0.3, 0.4) is 0 Å². The third kappa shape index (κ3) is 3.75. The molecule has 0 saturated heterocycles. The fourth-order valence-corrected chi connectivity index (χ4v) is 3.02. The number of alkyl halides is 3. The van der Waals surface area contributed by atoms with Crippen LogP contribution in [0, 0.1) is 5.41 Å². The highest BCUT2D eigenvalue weighted by atomic mass is 19.4. The van der Waals surface area contributed by atoms with Crippen molar-refractivity contribution >= 4 is 11.9 Å². The number of aromatic nitrogens is 2. The number of imidazole rings is 1. The summed E-state index contributed by atoms with van der Waals surface area (Å²) in [6, 6.07) is 0. The van der Waals surface area contributed by atoms with E-state index < -0.39 is 23.9 Å². The molecule has 0 unspecified atom stereocenters. The molecule has 0 fully saturated rings. The number of hydrogen-bond donors (Lipinski definition) is 1. The molecule has 0 radical (unpaired) electrons. The van der Waals surface area contributed by atoms with E-state index in [9.17, 15) is 18.0 Å². The predicted octanol–water partition coefficient (Wildman–Crippen LogP) is 4.43. The Morgan fingerprint density at radius 2 is 1.71 bits per heavy atom. The van der Waals surface area contributed by atoms with E-state index in [0.717, 1.165) is 50.9 Å². The number of aryl methyl sites for hydroxylation is 1. The van der Waals surface area contributed by atoms with Gasteiger partial charge in [-0.25, -0.2) is 4.98 Å². The number of halogens is 3. The van der Waals surface area contributed by atoms with Gasteiger partial charge in [0.05, 0.1) is 11.1 Å². The minimum absolute atomic E-state index is 0.305. The maximum Gasteiger partial charge on any atom is 0.394 e. The van der Waals surface area contributed by atoms with Gasteiger partial charge in [0.1, 0.15) is 0 Å². The Balaban J connectivity index is 2.27. The van der Waals surface area contributed by atoms with Crippen LogP contribution in [0.25, 0.3) is 0 Å². The molecule has 7 heteroatoms. The van der Waals surface area contributed by atoms with Crippen LogP contribution in [-0.2, 0) is 23.2 Å². The van der Waals surface area contributed by atoms with E-state index >= 15 is 0 Å². The molecule has 1 amide bonds. The van der Waals surface area contributed by atoms with Gasteiger partial charge >= 0.3 is 6.18 Å². The van der Waals surface area contributed by atoms with Crippen LogP contribution in [0.15, 0.2) is 0 Å². The Morgan fingerprint density at radius 1 is 1.12 bits per heavy atom. The van der Waals surface area contributed by atoms with Crippen molar-refractivity contribution < 1.29 is 18.0 Å². The molecule has 1 aromatic rings. The first-order chi connectivity index (χ1) is 10.8. The molecule has 24 heavy (non-hydrogen) atoms. The second-order valence-corrected chi connectivity index (χ2v) is 8.15. The highest BCUT2D eigenvalue weighted by Gasteiger charge is 2.48. The van der Waals surface area contributed by atoms with Crippen molar-refractivity contribution in [2.75, 3.05) is 5.32 Å². The zero-order chi connectivity index (χ0) is 18.3. The molecular weight excluding hydrogens is 319 g/mol. The molecule has 4 nitrogen and oxygen atoms in total. The summed E-state index contributed by atoms with van der Waals surface area (Å²) in [6.45, 7) is 8.07. The number of nitrogens with one attached hydrogen (secondary N) is 1. The molecule has 0 bridgehead atoms. The zero-order valence-electron chi connectivity index (χ0n) is 15.0. The smallest absolute Gasteiger partial charge is 0.309 e. The van der Waals surface area contributed by atoms with Gasteiger partial charge in [-0.1, -0.05) is 13.8 Å². The molecule has 1 aliphatic carbocycles. The van der Waals surface area contributed by atoms with Gasteiger partial charge in [0.25, 0.3) is 0 Å². The molecule has 1 aromatic heterocycles. The number of carbonyl (C=O) groups excluding carboxylic acids is 1. The quantitative estimate of drug-likeness (QED) is 0.881. The SMILES string of the molecule is CC(C)(C)n1c(NC(=O)CC(C)(C)C(F)(F)F)nc2c1CCCC2. The minimum Gasteiger partial charge on any atom is -0.309 e. The van der Waals surface area contributed by atoms with E-state index in [1.807, 2.05) is 25.3 Å². The summed E-state index contributed by atoms with van der Waals surface area (Å²) in [7, 11) is 0. The molecular formula is C17H26F3N3O. The van der Waals surface area contributed by atoms with Gasteiger partial charge < -0.3 is 4.57 Å². The first kappa shape index (κ1) is 18.8. The summed E-state index contributed by atoms with van der Waals surface area (Å²) >= 11 is 0. The molecule has 0 atom stereocenters. The molecule has 136 valence electrons. The molecule has 1 aliphatic rings. The molecule has 0 aromatic carbocycles. The van der Waals surface area contributed by atoms with Gasteiger partial charge in [-0.15, -0.1) is 0 Å². The number of rotatable bonds is 3. The van der Waals surface area contributed by atoms with Crippen molar-refractivity contribution in [3.63, 3.8) is 0 Å². The van der Waals surface area contributed by atoms with Crippen molar-refractivity contribution in [1.82, 2.24) is 9.55 Å². The fraction of sp³-hybridized carbons (Fsp3) is 0.765. The highest BCUT2D eigenvalue weighted by molar-refractivity contribution is 5.89. The first-order valence-corrected chi connectivity index (χ1v) is 8.30. The molecule has 1 N–H and O–H groups in total. The molecule has 0 spiro atoms. The molecule has 1 heterocycles. The first-order valence-electron chi connectivity index (χ1n) is 8.30. The number of hydrogen-bond acceptors (Lipinski definition) is 2. The van der Waals surface area contributed by atoms with Gasteiger partial charge in [-0.05, 0) is 46.5 Å². The summed E-state index contributed by atoms with van der Waals surface area (Å²) in [5, 5.41) is 2.62. The Bertz CT molecular complexity index is 624. The number of carbonyl (C=O) groups is 1. The van der Waals surface area contributed by atoms with E-state index in [2.05, 4.69) is 10.3 Å². The molecule has 0 saturated carbocycles. The average molecular weight is 345 g/mol. The van der Waals surface area contributed by atoms with Gasteiger partial charge in [-0.3, -0.25) is 10.1 Å². The zero-order valence-corrected chi connectivity index (χ0v) is 15.0. The summed E-state index contributed by atoms with van der Waals surface area (Å²) < 4.78 is 40.9. The Morgan fingerprint density at radius 3 is 2.25 bits per heavy atom. The fourth-order valence-electron chi connectivity index (χ4n) is 3.02. The van der Waals surface area contributed by atoms with Crippen LogP contribution in [0.1, 0.15) is 65.3 Å². The average Bonchev–Trinajstić information content (AvgIpc) is 2.73. The van der Waals surface area contributed by atoms with Crippen LogP contribution in [0.5, 0.6) is 0 Å². The maximum atomic E-state index is 13.0. The maximum absolute atomic E-state index is 13.0. The predicted molar refractivity (Wildman–Crippen MR) is 86.9 cm³/mol. The Hall–Kier alpha value is -1.53. The van der Waals surface area contributed by atoms with Gasteiger partial charge in [0.2, 0.25) is 11.9 Å². The third-order valence-electron chi connectivity index (χ3n) is 4.42. The Labute approximate surface area is 140 Å². The van der Waals surface area contributed by atoms with Crippen LogP contribution in [0.4, 0.5) is 19.1 Å². The van der Waals surface area contributed by atoms with E-state index in [1.54, 1.807) is 0 Å². The van der Waals surface area contributed by atoms with Crippen LogP contribution >= 0.6 is 0 Å². The number of fused-ring (bicyclic) bond motifs is 1. The monoisotopic (exact) mass is 345 g/mol. The number of anilines is 1. The van der Waals surface area contributed by atoms with Crippen molar-refractivity contribution in [2.24, 2.45) is 5.41 Å². The second-order valence-electron chi connectivity index (χ2n) is 8.15. The van der Waals surface area contributed by atoms with Gasteiger partial charge in [0, 0.05) is 17.7 Å². The minimum atomic E-state index is -4.43. The van der Waals surface area contributed by atoms with Crippen LogP contribution in [0.2, 0.25) is 0 Å². The molecule has 0 aliphatic heterocycles. The summed E-state index contributed by atoms with van der Waals surface area (Å²) in [4.78, 5) is 16.7. The Kier molecular flexibility index (Phi) is 4.76. The summed E-state index contributed by atoms with van der Waals surface area (Å²) in [6.07, 6.45) is -1.23. The largest absolute Gasteiger partial charge is 0.394 e. The van der Waals surface area contributed by atoms with E-state index in [-0.39, 0.29) is 5.54 Å². The number of nitrogens with zero attached hydrogens (tertiary/aromatic N) is 2. The van der Waals surface area contributed by atoms with Crippen LogP contribution in [-0.4, -0.2) is 21.6 Å². The number of amides is 1. The third-order valence-corrected chi connectivity index (χ3v) is 4.42. The highest BCUT2D eigenvalue weighted by Crippen LogP contribution is 2.40. The van der Waals surface area contributed by atoms with E-state index in [4.69, 9.17) is 0 Å². The topological polar surface area (TPSA) is 46.9 Å². The lowest BCUT2D eigenvalue weighted by atomic mass is 9.88. The van der Waals surface area contributed by atoms with Crippen molar-refractivity contribution in [3.8, 4) is 0 Å². The summed E-state index contributed by atoms with van der Waals surface area (Å²) in [5.41, 5.74) is -0.351.